The smallest absolute Gasteiger partial charge is 0.260 e. The van der Waals surface area contributed by atoms with Gasteiger partial charge in [-0.2, -0.15) is 5.10 Å². The van der Waals surface area contributed by atoms with E-state index in [0.717, 1.165) is 24.9 Å². The number of ether oxygens (including phenoxy) is 2. The van der Waals surface area contributed by atoms with Crippen molar-refractivity contribution in [3.05, 3.63) is 59.4 Å². The first-order valence-corrected chi connectivity index (χ1v) is 12.6. The minimum Gasteiger partial charge on any atom is -0.493 e. The van der Waals surface area contributed by atoms with Crippen LogP contribution in [-0.4, -0.2) is 55.5 Å². The fourth-order valence-electron chi connectivity index (χ4n) is 5.07. The van der Waals surface area contributed by atoms with Gasteiger partial charge in [0.25, 0.3) is 12.3 Å². The van der Waals surface area contributed by atoms with E-state index in [0.29, 0.717) is 35.1 Å². The van der Waals surface area contributed by atoms with E-state index in [1.807, 2.05) is 0 Å². The van der Waals surface area contributed by atoms with Crippen LogP contribution in [0.25, 0.3) is 11.3 Å². The second-order valence-electron chi connectivity index (χ2n) is 9.52. The van der Waals surface area contributed by atoms with Crippen molar-refractivity contribution in [2.24, 2.45) is 0 Å². The lowest BCUT2D eigenvalue weighted by molar-refractivity contribution is 0.0659. The molecule has 1 saturated heterocycles. The third-order valence-electron chi connectivity index (χ3n) is 7.09. The van der Waals surface area contributed by atoms with Gasteiger partial charge in [0, 0.05) is 24.2 Å². The van der Waals surface area contributed by atoms with Crippen molar-refractivity contribution in [3.63, 3.8) is 0 Å². The highest BCUT2D eigenvalue weighted by Crippen LogP contribution is 2.41. The zero-order valence-electron chi connectivity index (χ0n) is 21.5. The van der Waals surface area contributed by atoms with Gasteiger partial charge in [-0.3, -0.25) is 4.79 Å². The van der Waals surface area contributed by atoms with E-state index in [9.17, 15) is 18.0 Å². The number of methoxy groups -OCH3 is 2. The second kappa shape index (κ2) is 12.2. The predicted molar refractivity (Wildman–Crippen MR) is 144 cm³/mol. The number of piperidine rings is 1. The van der Waals surface area contributed by atoms with E-state index in [1.165, 1.54) is 31.0 Å². The molecule has 39 heavy (non-hydrogen) atoms. The van der Waals surface area contributed by atoms with Crippen molar-refractivity contribution < 1.29 is 27.4 Å². The van der Waals surface area contributed by atoms with Crippen LogP contribution in [0.4, 0.5) is 19.0 Å². The first kappa shape index (κ1) is 28.6. The van der Waals surface area contributed by atoms with Crippen LogP contribution in [0.2, 0.25) is 0 Å². The Balaban J connectivity index is 0.00000353. The number of fused-ring (bicyclic) bond motifs is 1. The summed E-state index contributed by atoms with van der Waals surface area (Å²) < 4.78 is 55.1. The summed E-state index contributed by atoms with van der Waals surface area (Å²) in [5, 5.41) is 13.7. The van der Waals surface area contributed by atoms with Crippen LogP contribution in [0.3, 0.4) is 0 Å². The van der Waals surface area contributed by atoms with Gasteiger partial charge in [0.1, 0.15) is 17.7 Å². The molecular formula is C27H31ClF3N5O3. The van der Waals surface area contributed by atoms with E-state index in [1.54, 1.807) is 30.3 Å². The van der Waals surface area contributed by atoms with Crippen LogP contribution in [-0.2, 0) is 0 Å². The fraction of sp³-hybridized carbons (Fsp3) is 0.407. The Morgan fingerprint density at radius 3 is 2.59 bits per heavy atom. The monoisotopic (exact) mass is 565 g/mol. The summed E-state index contributed by atoms with van der Waals surface area (Å²) in [5.74, 6) is 0.252. The standard InChI is InChI=1S/C27H30F3N5O3.ClH/c1-37-23-8-6-16(11-24(23)38-2)20-12-22(26(29)30)35-25(33-20)13-21(34-35)15-5-7-18(19(28)10-15)27(36)32-17-4-3-9-31-14-17;/h5-8,10-11,13,17,20,22,26,31,33H,3-4,9,12,14H2,1-2H3,(H,32,36);1H. The molecule has 0 saturated carbocycles. The average molecular weight is 566 g/mol. The van der Waals surface area contributed by atoms with Gasteiger partial charge in [-0.25, -0.2) is 17.9 Å². The molecule has 12 heteroatoms. The van der Waals surface area contributed by atoms with Gasteiger partial charge in [0.05, 0.1) is 31.5 Å². The molecule has 3 atom stereocenters. The summed E-state index contributed by atoms with van der Waals surface area (Å²) in [6, 6.07) is 9.44. The molecule has 0 spiro atoms. The lowest BCUT2D eigenvalue weighted by Gasteiger charge is -2.32. The number of halogens is 4. The van der Waals surface area contributed by atoms with Gasteiger partial charge < -0.3 is 25.4 Å². The Kier molecular flexibility index (Phi) is 8.91. The molecule has 0 aliphatic carbocycles. The summed E-state index contributed by atoms with van der Waals surface area (Å²) in [4.78, 5) is 12.6. The van der Waals surface area contributed by atoms with Crippen molar-refractivity contribution in [1.29, 1.82) is 0 Å². The SMILES string of the molecule is COc1ccc(C2CC(C(F)F)n3nc(-c4ccc(C(=O)NC5CCCNC5)c(F)c4)cc3N2)cc1OC.Cl. The quantitative estimate of drug-likeness (QED) is 0.375. The number of alkyl halides is 2. The average Bonchev–Trinajstić information content (AvgIpc) is 3.36. The Bertz CT molecular complexity index is 1320. The molecule has 1 amide bonds. The van der Waals surface area contributed by atoms with Crippen molar-refractivity contribution in [3.8, 4) is 22.8 Å². The third-order valence-corrected chi connectivity index (χ3v) is 7.09. The van der Waals surface area contributed by atoms with Gasteiger partial charge >= 0.3 is 0 Å². The topological polar surface area (TPSA) is 89.4 Å². The number of hydrogen-bond donors (Lipinski definition) is 3. The van der Waals surface area contributed by atoms with Crippen molar-refractivity contribution in [1.82, 2.24) is 20.4 Å². The number of aromatic nitrogens is 2. The number of carbonyl (C=O) groups excluding carboxylic acids is 1. The summed E-state index contributed by atoms with van der Waals surface area (Å²) >= 11 is 0. The Morgan fingerprint density at radius 2 is 1.92 bits per heavy atom. The number of amides is 1. The van der Waals surface area contributed by atoms with Gasteiger partial charge in [0.15, 0.2) is 11.5 Å². The zero-order valence-corrected chi connectivity index (χ0v) is 22.4. The molecule has 3 aromatic rings. The van der Waals surface area contributed by atoms with Gasteiger partial charge in [-0.05, 0) is 55.6 Å². The van der Waals surface area contributed by atoms with Crippen LogP contribution in [0.1, 0.15) is 47.3 Å². The highest BCUT2D eigenvalue weighted by atomic mass is 35.5. The molecule has 3 N–H and O–H groups in total. The molecule has 2 aromatic carbocycles. The molecule has 3 heterocycles. The maximum Gasteiger partial charge on any atom is 0.260 e. The van der Waals surface area contributed by atoms with Crippen LogP contribution in [0.5, 0.6) is 11.5 Å². The fourth-order valence-corrected chi connectivity index (χ4v) is 5.07. The first-order chi connectivity index (χ1) is 18.4. The number of nitrogens with zero attached hydrogens (tertiary/aromatic N) is 2. The second-order valence-corrected chi connectivity index (χ2v) is 9.52. The molecule has 3 unspecified atom stereocenters. The van der Waals surface area contributed by atoms with Crippen LogP contribution < -0.4 is 25.4 Å². The number of nitrogens with one attached hydrogen (secondary N) is 3. The number of anilines is 1. The number of benzene rings is 2. The van der Waals surface area contributed by atoms with E-state index >= 15 is 0 Å². The lowest BCUT2D eigenvalue weighted by Crippen LogP contribution is -2.45. The van der Waals surface area contributed by atoms with E-state index < -0.39 is 30.2 Å². The van der Waals surface area contributed by atoms with Crippen LogP contribution >= 0.6 is 12.4 Å². The van der Waals surface area contributed by atoms with E-state index in [2.05, 4.69) is 21.0 Å². The van der Waals surface area contributed by atoms with Crippen molar-refractivity contribution >= 4 is 24.1 Å². The Hall–Kier alpha value is -3.44. The molecule has 0 radical (unpaired) electrons. The van der Waals surface area contributed by atoms with Crippen LogP contribution in [0.15, 0.2) is 42.5 Å². The van der Waals surface area contributed by atoms with Crippen molar-refractivity contribution in [2.45, 2.75) is 43.8 Å². The molecule has 0 bridgehead atoms. The first-order valence-electron chi connectivity index (χ1n) is 12.6. The molecule has 1 aromatic heterocycles. The number of hydrogen-bond acceptors (Lipinski definition) is 6. The van der Waals surface area contributed by atoms with Gasteiger partial charge in [0.2, 0.25) is 0 Å². The molecule has 2 aliphatic rings. The third kappa shape index (κ3) is 5.94. The number of carbonyl (C=O) groups is 1. The Morgan fingerprint density at radius 1 is 1.13 bits per heavy atom. The lowest BCUT2D eigenvalue weighted by atomic mass is 9.97. The molecule has 8 nitrogen and oxygen atoms in total. The molecule has 2 aliphatic heterocycles. The van der Waals surface area contributed by atoms with Crippen LogP contribution in [0, 0.1) is 5.82 Å². The predicted octanol–water partition coefficient (Wildman–Crippen LogP) is 4.97. The van der Waals surface area contributed by atoms with E-state index in [-0.39, 0.29) is 30.4 Å². The zero-order chi connectivity index (χ0) is 26.8. The number of rotatable bonds is 7. The van der Waals surface area contributed by atoms with Crippen molar-refractivity contribution in [2.75, 3.05) is 32.6 Å². The largest absolute Gasteiger partial charge is 0.493 e. The molecule has 5 rings (SSSR count). The minimum atomic E-state index is -2.66. The normalized spacial score (nSPS) is 20.4. The highest BCUT2D eigenvalue weighted by Gasteiger charge is 2.35. The summed E-state index contributed by atoms with van der Waals surface area (Å²) in [6.07, 6.45) is -0.799. The summed E-state index contributed by atoms with van der Waals surface area (Å²) in [5.41, 5.74) is 1.41. The summed E-state index contributed by atoms with van der Waals surface area (Å²) in [7, 11) is 3.04. The minimum absolute atomic E-state index is 0. The van der Waals surface area contributed by atoms with Gasteiger partial charge in [-0.15, -0.1) is 12.4 Å². The molecule has 210 valence electrons. The highest BCUT2D eigenvalue weighted by molar-refractivity contribution is 5.95. The summed E-state index contributed by atoms with van der Waals surface area (Å²) in [6.45, 7) is 1.55. The van der Waals surface area contributed by atoms with E-state index in [4.69, 9.17) is 9.47 Å². The maximum absolute atomic E-state index is 15.0. The maximum atomic E-state index is 15.0. The van der Waals surface area contributed by atoms with Gasteiger partial charge in [-0.1, -0.05) is 12.1 Å². The molecular weight excluding hydrogens is 535 g/mol. The molecule has 1 fully saturated rings. The Labute approximate surface area is 230 Å².